The smallest absolute Gasteiger partial charge is 0.346 e. The lowest BCUT2D eigenvalue weighted by Gasteiger charge is -2.30. The number of amides is 3. The van der Waals surface area contributed by atoms with Gasteiger partial charge in [-0.1, -0.05) is 0 Å². The molecule has 1 saturated heterocycles. The van der Waals surface area contributed by atoms with E-state index in [9.17, 15) is 9.59 Å². The Morgan fingerprint density at radius 2 is 1.95 bits per heavy atom. The molecular formula is C13H20N4O2. The highest BCUT2D eigenvalue weighted by Gasteiger charge is 2.44. The maximum atomic E-state index is 12.3. The van der Waals surface area contributed by atoms with E-state index in [2.05, 4.69) is 4.99 Å². The molecule has 3 aliphatic rings. The first-order valence-corrected chi connectivity index (χ1v) is 7.11. The largest absolute Gasteiger partial charge is 0.385 e. The van der Waals surface area contributed by atoms with Gasteiger partial charge in [-0.3, -0.25) is 4.79 Å². The summed E-state index contributed by atoms with van der Waals surface area (Å²) >= 11 is 0. The van der Waals surface area contributed by atoms with Crippen LogP contribution < -0.4 is 5.73 Å². The van der Waals surface area contributed by atoms with Gasteiger partial charge in [0.25, 0.3) is 0 Å². The highest BCUT2D eigenvalue weighted by Crippen LogP contribution is 2.32. The summed E-state index contributed by atoms with van der Waals surface area (Å²) in [5, 5.41) is 0. The second-order valence-corrected chi connectivity index (χ2v) is 5.62. The minimum Gasteiger partial charge on any atom is -0.385 e. The van der Waals surface area contributed by atoms with E-state index in [1.165, 1.54) is 6.42 Å². The van der Waals surface area contributed by atoms with E-state index in [4.69, 9.17) is 5.73 Å². The number of hydrogen-bond donors (Lipinski definition) is 1. The Hall–Kier alpha value is -1.59. The van der Waals surface area contributed by atoms with Gasteiger partial charge in [0.1, 0.15) is 11.9 Å². The number of piperidine rings is 1. The van der Waals surface area contributed by atoms with Crippen molar-refractivity contribution in [2.45, 2.75) is 50.6 Å². The van der Waals surface area contributed by atoms with Crippen molar-refractivity contribution in [2.24, 2.45) is 10.7 Å². The number of amidine groups is 1. The van der Waals surface area contributed by atoms with E-state index in [1.54, 1.807) is 4.90 Å². The fraction of sp³-hybridized carbons (Fsp3) is 0.769. The van der Waals surface area contributed by atoms with Gasteiger partial charge in [0, 0.05) is 19.1 Å². The van der Waals surface area contributed by atoms with Gasteiger partial charge in [0.05, 0.1) is 6.42 Å². The molecule has 3 rings (SSSR count). The highest BCUT2D eigenvalue weighted by atomic mass is 16.2. The fourth-order valence-corrected chi connectivity index (χ4v) is 2.92. The first kappa shape index (κ1) is 12.4. The molecule has 0 aromatic heterocycles. The van der Waals surface area contributed by atoms with Crippen LogP contribution in [0.5, 0.6) is 0 Å². The number of carbonyl (C=O) groups excluding carboxylic acids is 2. The van der Waals surface area contributed by atoms with Crippen molar-refractivity contribution >= 4 is 17.8 Å². The third kappa shape index (κ3) is 2.43. The molecule has 0 aromatic carbocycles. The maximum Gasteiger partial charge on any atom is 0.346 e. The third-order valence-corrected chi connectivity index (χ3v) is 4.14. The number of aliphatic imine (C=N–C) groups is 1. The molecule has 0 radical (unpaired) electrons. The van der Waals surface area contributed by atoms with Gasteiger partial charge in [0.15, 0.2) is 0 Å². The van der Waals surface area contributed by atoms with Gasteiger partial charge in [-0.25, -0.2) is 4.79 Å². The quantitative estimate of drug-likeness (QED) is 0.815. The lowest BCUT2D eigenvalue weighted by atomic mass is 10.1. The van der Waals surface area contributed by atoms with Crippen LogP contribution in [-0.4, -0.2) is 52.7 Å². The van der Waals surface area contributed by atoms with Crippen LogP contribution in [0.1, 0.15) is 38.5 Å². The number of hydrogen-bond acceptors (Lipinski definition) is 3. The fourth-order valence-electron chi connectivity index (χ4n) is 2.92. The average Bonchev–Trinajstić information content (AvgIpc) is 3.19. The summed E-state index contributed by atoms with van der Waals surface area (Å²) in [7, 11) is 0. The molecule has 2 aliphatic heterocycles. The molecule has 1 unspecified atom stereocenters. The zero-order chi connectivity index (χ0) is 13.4. The molecule has 104 valence electrons. The first-order chi connectivity index (χ1) is 9.16. The number of likely N-dealkylation sites (tertiary alicyclic amines) is 1. The van der Waals surface area contributed by atoms with E-state index in [0.717, 1.165) is 38.8 Å². The van der Waals surface area contributed by atoms with E-state index in [-0.39, 0.29) is 30.4 Å². The van der Waals surface area contributed by atoms with E-state index in [1.807, 2.05) is 4.90 Å². The topological polar surface area (TPSA) is 79.0 Å². The van der Waals surface area contributed by atoms with Crippen LogP contribution >= 0.6 is 0 Å². The first-order valence-electron chi connectivity index (χ1n) is 7.11. The van der Waals surface area contributed by atoms with E-state index >= 15 is 0 Å². The molecule has 1 atom stereocenters. The van der Waals surface area contributed by atoms with Crippen molar-refractivity contribution in [1.82, 2.24) is 9.80 Å². The van der Waals surface area contributed by atoms with Gasteiger partial charge in [-0.2, -0.15) is 4.99 Å². The average molecular weight is 264 g/mol. The van der Waals surface area contributed by atoms with Crippen molar-refractivity contribution in [3.63, 3.8) is 0 Å². The minimum absolute atomic E-state index is 0.100. The lowest BCUT2D eigenvalue weighted by Crippen LogP contribution is -2.46. The van der Waals surface area contributed by atoms with Crippen molar-refractivity contribution in [1.29, 1.82) is 0 Å². The van der Waals surface area contributed by atoms with Gasteiger partial charge < -0.3 is 15.5 Å². The van der Waals surface area contributed by atoms with Gasteiger partial charge in [-0.05, 0) is 32.1 Å². The summed E-state index contributed by atoms with van der Waals surface area (Å²) in [6.07, 6.45) is 5.64. The minimum atomic E-state index is -0.311. The van der Waals surface area contributed by atoms with Crippen LogP contribution in [-0.2, 0) is 4.79 Å². The van der Waals surface area contributed by atoms with Crippen molar-refractivity contribution < 1.29 is 9.59 Å². The summed E-state index contributed by atoms with van der Waals surface area (Å²) in [6, 6.07) is -0.331. The van der Waals surface area contributed by atoms with E-state index < -0.39 is 0 Å². The summed E-state index contributed by atoms with van der Waals surface area (Å²) in [6.45, 7) is 1.67. The Morgan fingerprint density at radius 1 is 1.26 bits per heavy atom. The molecule has 2 fully saturated rings. The number of carbonyl (C=O) groups is 2. The molecule has 0 spiro atoms. The molecule has 2 heterocycles. The lowest BCUT2D eigenvalue weighted by molar-refractivity contribution is -0.132. The van der Waals surface area contributed by atoms with E-state index in [0.29, 0.717) is 5.84 Å². The van der Waals surface area contributed by atoms with Crippen LogP contribution in [0.15, 0.2) is 4.99 Å². The zero-order valence-electron chi connectivity index (χ0n) is 11.0. The van der Waals surface area contributed by atoms with Crippen molar-refractivity contribution in [3.8, 4) is 0 Å². The Bertz CT molecular complexity index is 424. The molecule has 1 saturated carbocycles. The molecule has 19 heavy (non-hydrogen) atoms. The predicted molar refractivity (Wildman–Crippen MR) is 70.7 cm³/mol. The normalized spacial score (nSPS) is 27.7. The molecule has 1 aliphatic carbocycles. The molecule has 6 heteroatoms. The van der Waals surface area contributed by atoms with Gasteiger partial charge in [0.2, 0.25) is 5.91 Å². The summed E-state index contributed by atoms with van der Waals surface area (Å²) in [4.78, 5) is 31.5. The molecular weight excluding hydrogens is 244 g/mol. The summed E-state index contributed by atoms with van der Waals surface area (Å²) < 4.78 is 0. The van der Waals surface area contributed by atoms with Crippen molar-refractivity contribution in [3.05, 3.63) is 0 Å². The van der Waals surface area contributed by atoms with Crippen molar-refractivity contribution in [2.75, 3.05) is 13.1 Å². The third-order valence-electron chi connectivity index (χ3n) is 4.14. The predicted octanol–water partition coefficient (Wildman–Crippen LogP) is 0.713. The summed E-state index contributed by atoms with van der Waals surface area (Å²) in [5.74, 6) is 0.408. The molecule has 0 bridgehead atoms. The Labute approximate surface area is 112 Å². The van der Waals surface area contributed by atoms with Crippen LogP contribution in [0.4, 0.5) is 4.79 Å². The van der Waals surface area contributed by atoms with Crippen LogP contribution in [0.2, 0.25) is 0 Å². The van der Waals surface area contributed by atoms with Crippen LogP contribution in [0.25, 0.3) is 0 Å². The Morgan fingerprint density at radius 3 is 2.58 bits per heavy atom. The molecule has 2 N–H and O–H groups in total. The van der Waals surface area contributed by atoms with Crippen LogP contribution in [0, 0.1) is 0 Å². The monoisotopic (exact) mass is 264 g/mol. The standard InChI is InChI=1S/C13H20N4O2/c14-12-10(17(9-4-5-9)13(19)15-12)8-11(18)16-6-2-1-3-7-16/h9-10H,1-8H2,(H2,14,15,19). The number of rotatable bonds is 3. The highest BCUT2D eigenvalue weighted by molar-refractivity contribution is 6.04. The maximum absolute atomic E-state index is 12.3. The molecule has 6 nitrogen and oxygen atoms in total. The van der Waals surface area contributed by atoms with Crippen LogP contribution in [0.3, 0.4) is 0 Å². The van der Waals surface area contributed by atoms with Gasteiger partial charge >= 0.3 is 6.03 Å². The number of urea groups is 1. The number of nitrogens with zero attached hydrogens (tertiary/aromatic N) is 3. The molecule has 3 amide bonds. The molecule has 0 aromatic rings. The van der Waals surface area contributed by atoms with Gasteiger partial charge in [-0.15, -0.1) is 0 Å². The second kappa shape index (κ2) is 4.83. The summed E-state index contributed by atoms with van der Waals surface area (Å²) in [5.41, 5.74) is 5.82. The Balaban J connectivity index is 1.65. The SMILES string of the molecule is NC1=NC(=O)N(C2CC2)C1CC(=O)N1CCCCC1. The Kier molecular flexibility index (Phi) is 3.16. The number of nitrogens with two attached hydrogens (primary N) is 1. The zero-order valence-corrected chi connectivity index (χ0v) is 11.0. The second-order valence-electron chi connectivity index (χ2n) is 5.62.